The van der Waals surface area contributed by atoms with Gasteiger partial charge in [0.15, 0.2) is 0 Å². The Morgan fingerprint density at radius 3 is 1.48 bits per heavy atom. The van der Waals surface area contributed by atoms with E-state index >= 15 is 0 Å². The number of hydrogen-bond acceptors (Lipinski definition) is 4. The van der Waals surface area contributed by atoms with Crippen LogP contribution in [0.5, 0.6) is 0 Å². The number of rotatable bonds is 24. The molecule has 0 rings (SSSR count). The average Bonchev–Trinajstić information content (AvgIpc) is 2.74. The molecular formula is C25H50KNO2S2. The van der Waals surface area contributed by atoms with Crippen LogP contribution in [0.2, 0.25) is 0 Å². The minimum atomic E-state index is 0. The molecule has 0 aliphatic rings. The van der Waals surface area contributed by atoms with Gasteiger partial charge in [0, 0.05) is 19.7 Å². The summed E-state index contributed by atoms with van der Waals surface area (Å²) >= 11 is 10.5. The first-order valence-corrected chi connectivity index (χ1v) is 13.6. The van der Waals surface area contributed by atoms with Crippen molar-refractivity contribution < 1.29 is 60.9 Å². The van der Waals surface area contributed by atoms with Crippen molar-refractivity contribution in [3.8, 4) is 0 Å². The fourth-order valence-electron chi connectivity index (χ4n) is 3.57. The van der Waals surface area contributed by atoms with Gasteiger partial charge in [0.2, 0.25) is 0 Å². The molecule has 0 saturated heterocycles. The molecule has 0 aromatic heterocycles. The standard InChI is InChI=1S/C25H51NO2S2.K/c1-3-5-7-9-11-12-13-14-15-17-19-26(25(29)30)20-22-28-24-23-27-21-18-16-10-8-6-4-2;/h3-24H2,1-2H3,(H,29,30);/q;+1/p-1. The summed E-state index contributed by atoms with van der Waals surface area (Å²) < 4.78 is 11.9. The molecule has 0 atom stereocenters. The number of nitrogens with zero attached hydrogens (tertiary/aromatic N) is 1. The van der Waals surface area contributed by atoms with Crippen LogP contribution in [0.1, 0.15) is 117 Å². The maximum absolute atomic E-state index is 5.70. The van der Waals surface area contributed by atoms with Crippen LogP contribution in [0.3, 0.4) is 0 Å². The van der Waals surface area contributed by atoms with Gasteiger partial charge in [-0.1, -0.05) is 108 Å². The predicted molar refractivity (Wildman–Crippen MR) is 138 cm³/mol. The van der Waals surface area contributed by atoms with Crippen LogP contribution >= 0.6 is 12.2 Å². The van der Waals surface area contributed by atoms with Gasteiger partial charge in [-0.2, -0.15) is 0 Å². The van der Waals surface area contributed by atoms with Crippen LogP contribution in [-0.2, 0) is 22.1 Å². The van der Waals surface area contributed by atoms with E-state index in [0.29, 0.717) is 24.1 Å². The average molecular weight is 500 g/mol. The van der Waals surface area contributed by atoms with E-state index in [1.165, 1.54) is 103 Å². The molecule has 0 N–H and O–H groups in total. The van der Waals surface area contributed by atoms with Gasteiger partial charge >= 0.3 is 51.4 Å². The second-order valence-corrected chi connectivity index (χ2v) is 9.46. The monoisotopic (exact) mass is 499 g/mol. The van der Waals surface area contributed by atoms with Crippen LogP contribution in [0.25, 0.3) is 0 Å². The molecule has 0 aliphatic carbocycles. The van der Waals surface area contributed by atoms with E-state index in [0.717, 1.165) is 19.7 Å². The van der Waals surface area contributed by atoms with Crippen LogP contribution in [0.15, 0.2) is 0 Å². The molecule has 0 aromatic rings. The number of hydrogen-bond donors (Lipinski definition) is 0. The second-order valence-electron chi connectivity index (χ2n) is 8.43. The summed E-state index contributed by atoms with van der Waals surface area (Å²) in [6.45, 7) is 9.18. The molecule has 0 spiro atoms. The first-order valence-electron chi connectivity index (χ1n) is 12.8. The Hall–Kier alpha value is 1.67. The minimum absolute atomic E-state index is 0. The molecule has 3 nitrogen and oxygen atoms in total. The number of ether oxygens (including phenoxy) is 2. The molecule has 0 aromatic carbocycles. The topological polar surface area (TPSA) is 21.7 Å². The van der Waals surface area contributed by atoms with E-state index in [-0.39, 0.29) is 51.4 Å². The van der Waals surface area contributed by atoms with Crippen LogP contribution in [0.4, 0.5) is 0 Å². The Morgan fingerprint density at radius 1 is 0.581 bits per heavy atom. The zero-order valence-corrected chi connectivity index (χ0v) is 25.9. The third-order valence-electron chi connectivity index (χ3n) is 5.56. The first kappa shape index (κ1) is 34.8. The largest absolute Gasteiger partial charge is 1.00 e. The van der Waals surface area contributed by atoms with Crippen molar-refractivity contribution in [2.24, 2.45) is 0 Å². The fraction of sp³-hybridized carbons (Fsp3) is 0.960. The SMILES string of the molecule is CCCCCCCCCCCCN(CCOCCOCCCCCCCC)C(=S)[S-].[K+]. The normalized spacial score (nSPS) is 10.8. The van der Waals surface area contributed by atoms with Crippen LogP contribution in [0, 0.1) is 0 Å². The number of unbranched alkanes of at least 4 members (excludes halogenated alkanes) is 14. The summed E-state index contributed by atoms with van der Waals surface area (Å²) in [6.07, 6.45) is 21.3. The van der Waals surface area contributed by atoms with Crippen molar-refractivity contribution >= 4 is 29.2 Å². The molecular weight excluding hydrogens is 450 g/mol. The Morgan fingerprint density at radius 2 is 1.00 bits per heavy atom. The summed E-state index contributed by atoms with van der Waals surface area (Å²) in [5.74, 6) is 0. The van der Waals surface area contributed by atoms with E-state index in [1.807, 2.05) is 0 Å². The van der Waals surface area contributed by atoms with Gasteiger partial charge in [-0.15, -0.1) is 0 Å². The van der Waals surface area contributed by atoms with Crippen LogP contribution in [-0.4, -0.2) is 48.7 Å². The molecule has 0 amide bonds. The van der Waals surface area contributed by atoms with E-state index < -0.39 is 0 Å². The van der Waals surface area contributed by atoms with Crippen molar-refractivity contribution in [2.75, 3.05) is 39.5 Å². The van der Waals surface area contributed by atoms with Crippen molar-refractivity contribution in [1.29, 1.82) is 0 Å². The Kier molecular flexibility index (Phi) is 33.4. The van der Waals surface area contributed by atoms with Gasteiger partial charge in [0.1, 0.15) is 0 Å². The van der Waals surface area contributed by atoms with E-state index in [9.17, 15) is 0 Å². The smallest absolute Gasteiger partial charge is 0.411 e. The Labute approximate surface area is 248 Å². The zero-order chi connectivity index (χ0) is 22.1. The third kappa shape index (κ3) is 27.8. The van der Waals surface area contributed by atoms with Gasteiger partial charge < -0.3 is 39.2 Å². The predicted octanol–water partition coefficient (Wildman–Crippen LogP) is 4.44. The van der Waals surface area contributed by atoms with Gasteiger partial charge in [-0.3, -0.25) is 0 Å². The van der Waals surface area contributed by atoms with Crippen LogP contribution < -0.4 is 51.4 Å². The number of thiocarbonyl (C=S) groups is 1. The molecule has 0 unspecified atom stereocenters. The van der Waals surface area contributed by atoms with E-state index in [4.69, 9.17) is 34.3 Å². The zero-order valence-electron chi connectivity index (χ0n) is 21.1. The molecule has 0 heterocycles. The summed E-state index contributed by atoms with van der Waals surface area (Å²) in [4.78, 5) is 2.12. The molecule has 0 fully saturated rings. The minimum Gasteiger partial charge on any atom is -0.411 e. The summed E-state index contributed by atoms with van der Waals surface area (Å²) in [5, 5.41) is 0. The Balaban J connectivity index is 0. The van der Waals surface area contributed by atoms with Gasteiger partial charge in [-0.25, -0.2) is 0 Å². The van der Waals surface area contributed by atoms with Crippen molar-refractivity contribution in [3.05, 3.63) is 0 Å². The molecule has 0 saturated carbocycles. The maximum atomic E-state index is 5.70. The summed E-state index contributed by atoms with van der Waals surface area (Å²) in [5.41, 5.74) is 0. The third-order valence-corrected chi connectivity index (χ3v) is 6.08. The molecule has 31 heavy (non-hydrogen) atoms. The summed E-state index contributed by atoms with van der Waals surface area (Å²) in [6, 6.07) is 0. The van der Waals surface area contributed by atoms with Gasteiger partial charge in [0.25, 0.3) is 0 Å². The van der Waals surface area contributed by atoms with Gasteiger partial charge in [0.05, 0.1) is 19.8 Å². The van der Waals surface area contributed by atoms with Gasteiger partial charge in [-0.05, 0) is 12.8 Å². The molecule has 6 heteroatoms. The molecule has 0 aliphatic heterocycles. The Bertz CT molecular complexity index is 362. The van der Waals surface area contributed by atoms with E-state index in [1.54, 1.807) is 0 Å². The maximum Gasteiger partial charge on any atom is 1.00 e. The quantitative estimate of drug-likeness (QED) is 0.0845. The van der Waals surface area contributed by atoms with E-state index in [2.05, 4.69) is 18.7 Å². The fourth-order valence-corrected chi connectivity index (χ4v) is 3.93. The summed E-state index contributed by atoms with van der Waals surface area (Å²) in [7, 11) is 0. The van der Waals surface area contributed by atoms with Crippen molar-refractivity contribution in [2.45, 2.75) is 117 Å². The van der Waals surface area contributed by atoms with Crippen molar-refractivity contribution in [1.82, 2.24) is 4.90 Å². The molecule has 0 radical (unpaired) electrons. The van der Waals surface area contributed by atoms with Crippen molar-refractivity contribution in [3.63, 3.8) is 0 Å². The molecule has 180 valence electrons. The first-order chi connectivity index (χ1) is 14.7. The second kappa shape index (κ2) is 29.7. The molecule has 0 bridgehead atoms.